The molecule has 1 N–H and O–H groups in total. The Hall–Kier alpha value is -0.680. The summed E-state index contributed by atoms with van der Waals surface area (Å²) in [5.41, 5.74) is 0. The van der Waals surface area contributed by atoms with Crippen molar-refractivity contribution >= 4 is 16.5 Å². The predicted molar refractivity (Wildman–Crippen MR) is 47.0 cm³/mol. The molecule has 0 saturated carbocycles. The van der Waals surface area contributed by atoms with E-state index >= 15 is 0 Å². The van der Waals surface area contributed by atoms with E-state index in [2.05, 4.69) is 15.5 Å². The fourth-order valence-electron chi connectivity index (χ4n) is 0.648. The van der Waals surface area contributed by atoms with E-state index in [0.717, 1.165) is 16.7 Å². The van der Waals surface area contributed by atoms with Crippen molar-refractivity contribution in [2.45, 2.75) is 6.54 Å². The van der Waals surface area contributed by atoms with E-state index in [0.29, 0.717) is 0 Å². The first-order valence-electron chi connectivity index (χ1n) is 3.38. The van der Waals surface area contributed by atoms with Crippen LogP contribution >= 0.6 is 11.3 Å². The van der Waals surface area contributed by atoms with Gasteiger partial charge in [-0.2, -0.15) is 0 Å². The lowest BCUT2D eigenvalue weighted by atomic mass is 10.7. The van der Waals surface area contributed by atoms with Crippen LogP contribution in [-0.4, -0.2) is 31.3 Å². The van der Waals surface area contributed by atoms with Crippen molar-refractivity contribution in [1.29, 1.82) is 0 Å². The highest BCUT2D eigenvalue weighted by Gasteiger charge is 2.03. The van der Waals surface area contributed by atoms with Crippen LogP contribution in [0.3, 0.4) is 0 Å². The second-order valence-corrected chi connectivity index (χ2v) is 3.44. The van der Waals surface area contributed by atoms with E-state index in [1.807, 2.05) is 26.0 Å². The summed E-state index contributed by atoms with van der Waals surface area (Å²) in [7, 11) is 5.82. The molecule has 0 bridgehead atoms. The van der Waals surface area contributed by atoms with Gasteiger partial charge in [0.2, 0.25) is 5.13 Å². The first kappa shape index (κ1) is 8.42. The summed E-state index contributed by atoms with van der Waals surface area (Å²) in [5.74, 6) is 0. The minimum atomic E-state index is 0.797. The highest BCUT2D eigenvalue weighted by Crippen LogP contribution is 2.16. The van der Waals surface area contributed by atoms with Crippen molar-refractivity contribution in [3.05, 3.63) is 5.01 Å². The Morgan fingerprint density at radius 3 is 2.64 bits per heavy atom. The van der Waals surface area contributed by atoms with E-state index in [1.54, 1.807) is 11.3 Å². The summed E-state index contributed by atoms with van der Waals surface area (Å²) in [4.78, 5) is 1.96. The average Bonchev–Trinajstić information content (AvgIpc) is 2.37. The van der Waals surface area contributed by atoms with Crippen LogP contribution in [0.25, 0.3) is 0 Å². The topological polar surface area (TPSA) is 41.1 Å². The summed E-state index contributed by atoms with van der Waals surface area (Å²) < 4.78 is 0. The zero-order valence-corrected chi connectivity index (χ0v) is 7.77. The van der Waals surface area contributed by atoms with E-state index in [9.17, 15) is 0 Å². The zero-order chi connectivity index (χ0) is 8.27. The van der Waals surface area contributed by atoms with Crippen molar-refractivity contribution in [1.82, 2.24) is 15.5 Å². The molecule has 1 heterocycles. The molecule has 0 aliphatic carbocycles. The number of nitrogens with zero attached hydrogens (tertiary/aromatic N) is 3. The van der Waals surface area contributed by atoms with Crippen LogP contribution in [-0.2, 0) is 6.54 Å². The molecule has 0 fully saturated rings. The van der Waals surface area contributed by atoms with Crippen LogP contribution < -0.4 is 10.2 Å². The molecule has 1 aromatic heterocycles. The van der Waals surface area contributed by atoms with Crippen molar-refractivity contribution in [3.8, 4) is 0 Å². The van der Waals surface area contributed by atoms with Crippen LogP contribution in [0.4, 0.5) is 5.13 Å². The van der Waals surface area contributed by atoms with Crippen LogP contribution in [0, 0.1) is 0 Å². The number of nitrogens with one attached hydrogen (secondary N) is 1. The van der Waals surface area contributed by atoms with Gasteiger partial charge in [0.05, 0.1) is 0 Å². The van der Waals surface area contributed by atoms with Gasteiger partial charge in [-0.3, -0.25) is 0 Å². The molecular formula is C6H12N4S. The van der Waals surface area contributed by atoms with Crippen LogP contribution in [0.15, 0.2) is 0 Å². The smallest absolute Gasteiger partial charge is 0.207 e. The highest BCUT2D eigenvalue weighted by molar-refractivity contribution is 7.15. The van der Waals surface area contributed by atoms with Gasteiger partial charge in [-0.05, 0) is 7.05 Å². The third-order valence-corrected chi connectivity index (χ3v) is 2.26. The number of rotatable bonds is 3. The minimum absolute atomic E-state index is 0.797. The molecular weight excluding hydrogens is 160 g/mol. The van der Waals surface area contributed by atoms with E-state index in [4.69, 9.17) is 0 Å². The Morgan fingerprint density at radius 1 is 1.45 bits per heavy atom. The summed E-state index contributed by atoms with van der Waals surface area (Å²) in [6, 6.07) is 0. The van der Waals surface area contributed by atoms with Crippen LogP contribution in [0.2, 0.25) is 0 Å². The number of hydrogen-bond donors (Lipinski definition) is 1. The average molecular weight is 172 g/mol. The Balaban J connectivity index is 2.66. The molecule has 11 heavy (non-hydrogen) atoms. The van der Waals surface area contributed by atoms with Gasteiger partial charge < -0.3 is 10.2 Å². The number of aromatic nitrogens is 2. The molecule has 0 atom stereocenters. The summed E-state index contributed by atoms with van der Waals surface area (Å²) in [6.45, 7) is 0.797. The lowest BCUT2D eigenvalue weighted by Gasteiger charge is -2.03. The zero-order valence-electron chi connectivity index (χ0n) is 6.96. The van der Waals surface area contributed by atoms with Crippen molar-refractivity contribution in [2.24, 2.45) is 0 Å². The molecule has 0 aliphatic rings. The fraction of sp³-hybridized carbons (Fsp3) is 0.667. The molecule has 0 aromatic carbocycles. The van der Waals surface area contributed by atoms with Gasteiger partial charge in [0, 0.05) is 20.6 Å². The Labute approximate surface area is 70.2 Å². The largest absolute Gasteiger partial charge is 0.353 e. The first-order chi connectivity index (χ1) is 5.24. The fourth-order valence-corrected chi connectivity index (χ4v) is 1.42. The summed E-state index contributed by atoms with van der Waals surface area (Å²) >= 11 is 1.61. The van der Waals surface area contributed by atoms with Crippen LogP contribution in [0.5, 0.6) is 0 Å². The molecule has 4 nitrogen and oxygen atoms in total. The molecule has 1 aromatic rings. The molecule has 0 radical (unpaired) electrons. The van der Waals surface area contributed by atoms with Gasteiger partial charge >= 0.3 is 0 Å². The normalized spacial score (nSPS) is 10.1. The molecule has 5 heteroatoms. The van der Waals surface area contributed by atoms with Crippen LogP contribution in [0.1, 0.15) is 5.01 Å². The molecule has 0 spiro atoms. The molecule has 0 aliphatic heterocycles. The quantitative estimate of drug-likeness (QED) is 0.713. The Morgan fingerprint density at radius 2 is 2.18 bits per heavy atom. The van der Waals surface area contributed by atoms with Gasteiger partial charge in [0.1, 0.15) is 5.01 Å². The van der Waals surface area contributed by atoms with Gasteiger partial charge in [-0.25, -0.2) is 0 Å². The van der Waals surface area contributed by atoms with Gasteiger partial charge in [0.15, 0.2) is 0 Å². The van der Waals surface area contributed by atoms with Crippen molar-refractivity contribution in [2.75, 3.05) is 26.0 Å². The van der Waals surface area contributed by atoms with Gasteiger partial charge in [-0.15, -0.1) is 10.2 Å². The maximum atomic E-state index is 3.99. The minimum Gasteiger partial charge on any atom is -0.353 e. The predicted octanol–water partition coefficient (Wildman–Crippen LogP) is 0.323. The van der Waals surface area contributed by atoms with E-state index in [1.165, 1.54) is 0 Å². The molecule has 1 rings (SSSR count). The maximum absolute atomic E-state index is 3.99. The molecule has 0 saturated heterocycles. The monoisotopic (exact) mass is 172 g/mol. The lowest BCUT2D eigenvalue weighted by molar-refractivity contribution is 0.793. The summed E-state index contributed by atoms with van der Waals surface area (Å²) in [6.07, 6.45) is 0. The third kappa shape index (κ3) is 2.13. The summed E-state index contributed by atoms with van der Waals surface area (Å²) in [5, 5.41) is 13.0. The van der Waals surface area contributed by atoms with Crippen molar-refractivity contribution < 1.29 is 0 Å². The highest BCUT2D eigenvalue weighted by atomic mass is 32.1. The standard InChI is InChI=1S/C6H12N4S/c1-7-4-5-8-9-6(11-5)10(2)3/h7H,4H2,1-3H3. The Kier molecular flexibility index (Phi) is 2.78. The van der Waals surface area contributed by atoms with Gasteiger partial charge in [0.25, 0.3) is 0 Å². The SMILES string of the molecule is CNCc1nnc(N(C)C)s1. The molecule has 0 amide bonds. The molecule has 0 unspecified atom stereocenters. The Bertz CT molecular complexity index is 220. The van der Waals surface area contributed by atoms with Crippen molar-refractivity contribution in [3.63, 3.8) is 0 Å². The number of hydrogen-bond acceptors (Lipinski definition) is 5. The van der Waals surface area contributed by atoms with E-state index < -0.39 is 0 Å². The third-order valence-electron chi connectivity index (χ3n) is 1.17. The second kappa shape index (κ2) is 3.64. The maximum Gasteiger partial charge on any atom is 0.207 e. The second-order valence-electron chi connectivity index (χ2n) is 2.40. The number of anilines is 1. The lowest BCUT2D eigenvalue weighted by Crippen LogP contribution is -2.07. The first-order valence-corrected chi connectivity index (χ1v) is 4.20. The molecule has 62 valence electrons. The van der Waals surface area contributed by atoms with E-state index in [-0.39, 0.29) is 0 Å². The van der Waals surface area contributed by atoms with Gasteiger partial charge in [-0.1, -0.05) is 11.3 Å².